The van der Waals surface area contributed by atoms with Crippen LogP contribution < -0.4 is 5.32 Å². The molecule has 0 amide bonds. The van der Waals surface area contributed by atoms with Crippen molar-refractivity contribution in [2.45, 2.75) is 19.6 Å². The third-order valence-corrected chi connectivity index (χ3v) is 2.88. The minimum Gasteiger partial charge on any atom is -0.392 e. The molecular formula is C13H15ClN2O. The fourth-order valence-corrected chi connectivity index (χ4v) is 1.97. The van der Waals surface area contributed by atoms with Gasteiger partial charge >= 0.3 is 0 Å². The molecule has 1 unspecified atom stereocenters. The van der Waals surface area contributed by atoms with Crippen LogP contribution in [0.25, 0.3) is 10.9 Å². The van der Waals surface area contributed by atoms with Gasteiger partial charge in [-0.3, -0.25) is 4.98 Å². The first kappa shape index (κ1) is 12.3. The number of pyridine rings is 1. The van der Waals surface area contributed by atoms with Crippen molar-refractivity contribution in [3.63, 3.8) is 0 Å². The van der Waals surface area contributed by atoms with Gasteiger partial charge in [0, 0.05) is 29.7 Å². The summed E-state index contributed by atoms with van der Waals surface area (Å²) in [4.78, 5) is 4.35. The van der Waals surface area contributed by atoms with Gasteiger partial charge in [0.05, 0.1) is 11.6 Å². The van der Waals surface area contributed by atoms with E-state index in [4.69, 9.17) is 11.6 Å². The number of hydrogen-bond acceptors (Lipinski definition) is 3. The molecule has 0 bridgehead atoms. The Morgan fingerprint density at radius 2 is 2.24 bits per heavy atom. The van der Waals surface area contributed by atoms with E-state index >= 15 is 0 Å². The quantitative estimate of drug-likeness (QED) is 0.876. The van der Waals surface area contributed by atoms with Crippen LogP contribution in [0.5, 0.6) is 0 Å². The van der Waals surface area contributed by atoms with Crippen LogP contribution in [0.2, 0.25) is 5.02 Å². The van der Waals surface area contributed by atoms with Gasteiger partial charge in [-0.1, -0.05) is 17.7 Å². The number of halogens is 1. The van der Waals surface area contributed by atoms with Crippen LogP contribution in [0, 0.1) is 0 Å². The Kier molecular flexibility index (Phi) is 3.94. The summed E-state index contributed by atoms with van der Waals surface area (Å²) < 4.78 is 0. The molecule has 0 aliphatic rings. The van der Waals surface area contributed by atoms with Crippen LogP contribution >= 0.6 is 11.6 Å². The molecule has 2 aromatic rings. The standard InChI is InChI=1S/C13H15ClN2O/c1-9(17)7-15-8-10-4-5-12(14)11-3-2-6-16-13(10)11/h2-6,9,15,17H,7-8H2,1H3. The van der Waals surface area contributed by atoms with Crippen LogP contribution in [-0.2, 0) is 6.54 Å². The molecule has 90 valence electrons. The number of benzene rings is 1. The van der Waals surface area contributed by atoms with Gasteiger partial charge in [-0.2, -0.15) is 0 Å². The van der Waals surface area contributed by atoms with E-state index in [9.17, 15) is 5.11 Å². The molecule has 0 aliphatic heterocycles. The molecule has 0 fully saturated rings. The van der Waals surface area contributed by atoms with E-state index in [1.807, 2.05) is 24.3 Å². The number of aromatic nitrogens is 1. The Hall–Kier alpha value is -1.16. The number of aliphatic hydroxyl groups excluding tert-OH is 1. The molecule has 0 radical (unpaired) electrons. The van der Waals surface area contributed by atoms with Gasteiger partial charge in [-0.05, 0) is 30.7 Å². The summed E-state index contributed by atoms with van der Waals surface area (Å²) >= 11 is 6.11. The highest BCUT2D eigenvalue weighted by Gasteiger charge is 2.05. The molecule has 1 aromatic carbocycles. The van der Waals surface area contributed by atoms with Crippen molar-refractivity contribution >= 4 is 22.5 Å². The molecule has 0 spiro atoms. The second kappa shape index (κ2) is 5.45. The third-order valence-electron chi connectivity index (χ3n) is 2.56. The maximum absolute atomic E-state index is 9.19. The predicted molar refractivity (Wildman–Crippen MR) is 70.1 cm³/mol. The highest BCUT2D eigenvalue weighted by Crippen LogP contribution is 2.24. The first-order chi connectivity index (χ1) is 8.18. The maximum Gasteiger partial charge on any atom is 0.0761 e. The molecule has 0 saturated heterocycles. The second-order valence-corrected chi connectivity index (χ2v) is 4.49. The molecule has 3 nitrogen and oxygen atoms in total. The van der Waals surface area contributed by atoms with Crippen molar-refractivity contribution < 1.29 is 5.11 Å². The SMILES string of the molecule is CC(O)CNCc1ccc(Cl)c2cccnc12. The van der Waals surface area contributed by atoms with Crippen LogP contribution in [0.3, 0.4) is 0 Å². The summed E-state index contributed by atoms with van der Waals surface area (Å²) in [7, 11) is 0. The van der Waals surface area contributed by atoms with Crippen LogP contribution in [0.1, 0.15) is 12.5 Å². The predicted octanol–water partition coefficient (Wildman–Crippen LogP) is 2.36. The molecule has 4 heteroatoms. The average Bonchev–Trinajstić information content (AvgIpc) is 2.32. The summed E-state index contributed by atoms with van der Waals surface area (Å²) in [5, 5.41) is 14.0. The number of rotatable bonds is 4. The van der Waals surface area contributed by atoms with Crippen LogP contribution in [0.15, 0.2) is 30.5 Å². The molecule has 1 aromatic heterocycles. The number of aliphatic hydroxyl groups is 1. The first-order valence-corrected chi connectivity index (χ1v) is 5.97. The number of fused-ring (bicyclic) bond motifs is 1. The van der Waals surface area contributed by atoms with Crippen molar-refractivity contribution in [3.8, 4) is 0 Å². The number of hydrogen-bond donors (Lipinski definition) is 2. The van der Waals surface area contributed by atoms with E-state index < -0.39 is 0 Å². The zero-order valence-electron chi connectivity index (χ0n) is 9.65. The van der Waals surface area contributed by atoms with Gasteiger partial charge in [-0.15, -0.1) is 0 Å². The Morgan fingerprint density at radius 1 is 1.41 bits per heavy atom. The summed E-state index contributed by atoms with van der Waals surface area (Å²) in [6, 6.07) is 7.68. The second-order valence-electron chi connectivity index (χ2n) is 4.09. The minimum atomic E-state index is -0.346. The highest BCUT2D eigenvalue weighted by molar-refractivity contribution is 6.35. The normalized spacial score (nSPS) is 12.9. The van der Waals surface area contributed by atoms with E-state index in [2.05, 4.69) is 10.3 Å². The Labute approximate surface area is 105 Å². The average molecular weight is 251 g/mol. The smallest absolute Gasteiger partial charge is 0.0761 e. The molecule has 0 saturated carbocycles. The van der Waals surface area contributed by atoms with E-state index in [1.54, 1.807) is 13.1 Å². The molecular weight excluding hydrogens is 236 g/mol. The lowest BCUT2D eigenvalue weighted by Crippen LogP contribution is -2.24. The van der Waals surface area contributed by atoms with Crippen molar-refractivity contribution in [2.24, 2.45) is 0 Å². The van der Waals surface area contributed by atoms with Gasteiger partial charge in [0.2, 0.25) is 0 Å². The Bertz CT molecular complexity index is 514. The Balaban J connectivity index is 2.26. The molecule has 1 atom stereocenters. The van der Waals surface area contributed by atoms with E-state index in [-0.39, 0.29) is 6.10 Å². The zero-order chi connectivity index (χ0) is 12.3. The van der Waals surface area contributed by atoms with Crippen LogP contribution in [-0.4, -0.2) is 22.7 Å². The zero-order valence-corrected chi connectivity index (χ0v) is 10.4. The lowest BCUT2D eigenvalue weighted by Gasteiger charge is -2.09. The molecule has 2 rings (SSSR count). The van der Waals surface area contributed by atoms with Gasteiger partial charge in [-0.25, -0.2) is 0 Å². The van der Waals surface area contributed by atoms with Crippen molar-refractivity contribution in [2.75, 3.05) is 6.54 Å². The fourth-order valence-electron chi connectivity index (χ4n) is 1.75. The summed E-state index contributed by atoms with van der Waals surface area (Å²) in [6.45, 7) is 3.00. The van der Waals surface area contributed by atoms with E-state index in [0.29, 0.717) is 18.1 Å². The topological polar surface area (TPSA) is 45.1 Å². The summed E-state index contributed by atoms with van der Waals surface area (Å²) in [5.74, 6) is 0. The third kappa shape index (κ3) is 2.94. The van der Waals surface area contributed by atoms with Gasteiger partial charge in [0.1, 0.15) is 0 Å². The van der Waals surface area contributed by atoms with Crippen molar-refractivity contribution in [3.05, 3.63) is 41.0 Å². The van der Waals surface area contributed by atoms with Crippen molar-refractivity contribution in [1.82, 2.24) is 10.3 Å². The molecule has 1 heterocycles. The molecule has 0 aliphatic carbocycles. The van der Waals surface area contributed by atoms with E-state index in [1.165, 1.54) is 0 Å². The first-order valence-electron chi connectivity index (χ1n) is 5.59. The van der Waals surface area contributed by atoms with Crippen LogP contribution in [0.4, 0.5) is 0 Å². The maximum atomic E-state index is 9.19. The lowest BCUT2D eigenvalue weighted by molar-refractivity contribution is 0.191. The van der Waals surface area contributed by atoms with Gasteiger partial charge in [0.15, 0.2) is 0 Å². The van der Waals surface area contributed by atoms with Crippen molar-refractivity contribution in [1.29, 1.82) is 0 Å². The lowest BCUT2D eigenvalue weighted by atomic mass is 10.1. The summed E-state index contributed by atoms with van der Waals surface area (Å²) in [6.07, 6.45) is 1.41. The van der Waals surface area contributed by atoms with Gasteiger partial charge in [0.25, 0.3) is 0 Å². The largest absolute Gasteiger partial charge is 0.392 e. The summed E-state index contributed by atoms with van der Waals surface area (Å²) in [5.41, 5.74) is 2.00. The highest BCUT2D eigenvalue weighted by atomic mass is 35.5. The van der Waals surface area contributed by atoms with E-state index in [0.717, 1.165) is 16.5 Å². The fraction of sp³-hybridized carbons (Fsp3) is 0.308. The minimum absolute atomic E-state index is 0.346. The molecule has 17 heavy (non-hydrogen) atoms. The Morgan fingerprint density at radius 3 is 3.00 bits per heavy atom. The molecule has 2 N–H and O–H groups in total. The van der Waals surface area contributed by atoms with Gasteiger partial charge < -0.3 is 10.4 Å². The monoisotopic (exact) mass is 250 g/mol. The number of nitrogens with zero attached hydrogens (tertiary/aromatic N) is 1. The number of nitrogens with one attached hydrogen (secondary N) is 1.